The normalized spacial score (nSPS) is 18.6. The number of nitrogens with one attached hydrogen (secondary N) is 2. The summed E-state index contributed by atoms with van der Waals surface area (Å²) >= 11 is 0. The van der Waals surface area contributed by atoms with Gasteiger partial charge in [-0.15, -0.1) is 0 Å². The van der Waals surface area contributed by atoms with Crippen molar-refractivity contribution in [3.05, 3.63) is 65.7 Å². The molecule has 2 N–H and O–H groups in total. The molecule has 2 atom stereocenters. The molecule has 0 spiro atoms. The quantitative estimate of drug-likeness (QED) is 0.892. The van der Waals surface area contributed by atoms with E-state index in [1.807, 2.05) is 42.5 Å². The van der Waals surface area contributed by atoms with E-state index in [9.17, 15) is 4.79 Å². The van der Waals surface area contributed by atoms with Gasteiger partial charge in [-0.3, -0.25) is 4.79 Å². The maximum Gasteiger partial charge on any atom is 0.258 e. The van der Waals surface area contributed by atoms with Gasteiger partial charge in [-0.25, -0.2) is 0 Å². The summed E-state index contributed by atoms with van der Waals surface area (Å²) in [5.74, 6) is 0.421. The topological polar surface area (TPSA) is 50.4 Å². The zero-order chi connectivity index (χ0) is 16.1. The van der Waals surface area contributed by atoms with Gasteiger partial charge in [0.1, 0.15) is 0 Å². The van der Waals surface area contributed by atoms with Crippen molar-refractivity contribution in [1.82, 2.24) is 5.32 Å². The third-order valence-electron chi connectivity index (χ3n) is 4.29. The first-order valence-electron chi connectivity index (χ1n) is 7.97. The third kappa shape index (κ3) is 3.78. The number of methoxy groups -OCH3 is 1. The zero-order valence-corrected chi connectivity index (χ0v) is 13.3. The summed E-state index contributed by atoms with van der Waals surface area (Å²) in [5.41, 5.74) is 2.96. The number of rotatable bonds is 5. The van der Waals surface area contributed by atoms with Gasteiger partial charge in [-0.05, 0) is 42.1 Å². The Bertz CT molecular complexity index is 634. The van der Waals surface area contributed by atoms with E-state index in [0.29, 0.717) is 5.92 Å². The number of carbonyl (C=O) groups excluding carboxylic acids is 1. The molecular weight excluding hydrogens is 288 g/mol. The van der Waals surface area contributed by atoms with E-state index in [2.05, 4.69) is 22.8 Å². The lowest BCUT2D eigenvalue weighted by Crippen LogP contribution is -2.22. The molecule has 1 fully saturated rings. The Hall–Kier alpha value is -2.17. The molecule has 1 aliphatic rings. The molecule has 120 valence electrons. The molecule has 1 amide bonds. The van der Waals surface area contributed by atoms with Gasteiger partial charge in [0.05, 0.1) is 0 Å². The molecule has 0 aromatic heterocycles. The van der Waals surface area contributed by atoms with E-state index in [1.165, 1.54) is 12.0 Å². The number of ether oxygens (including phenoxy) is 1. The second-order valence-corrected chi connectivity index (χ2v) is 5.83. The van der Waals surface area contributed by atoms with E-state index in [4.69, 9.17) is 4.74 Å². The van der Waals surface area contributed by atoms with Crippen molar-refractivity contribution in [2.45, 2.75) is 18.4 Å². The summed E-state index contributed by atoms with van der Waals surface area (Å²) in [4.78, 5) is 12.4. The first-order valence-corrected chi connectivity index (χ1v) is 7.97. The highest BCUT2D eigenvalue weighted by molar-refractivity contribution is 5.94. The molecule has 1 aliphatic heterocycles. The minimum atomic E-state index is -0.602. The molecule has 0 radical (unpaired) electrons. The maximum atomic E-state index is 12.4. The van der Waals surface area contributed by atoms with E-state index < -0.39 is 6.10 Å². The number of amides is 1. The molecule has 4 heteroatoms. The van der Waals surface area contributed by atoms with Gasteiger partial charge in [0.2, 0.25) is 0 Å². The van der Waals surface area contributed by atoms with E-state index in [1.54, 1.807) is 7.11 Å². The maximum absolute atomic E-state index is 12.4. The lowest BCUT2D eigenvalue weighted by molar-refractivity contribution is -0.126. The smallest absolute Gasteiger partial charge is 0.258 e. The number of carbonyl (C=O) groups is 1. The SMILES string of the molecule is COC(C(=O)Nc1ccc(C2CCNC2)cc1)c1ccccc1. The molecule has 3 rings (SSSR count). The second-order valence-electron chi connectivity index (χ2n) is 5.83. The van der Waals surface area contributed by atoms with Crippen molar-refractivity contribution in [3.8, 4) is 0 Å². The Labute approximate surface area is 136 Å². The van der Waals surface area contributed by atoms with Crippen molar-refractivity contribution in [3.63, 3.8) is 0 Å². The zero-order valence-electron chi connectivity index (χ0n) is 13.3. The number of anilines is 1. The van der Waals surface area contributed by atoms with Crippen LogP contribution in [-0.4, -0.2) is 26.1 Å². The van der Waals surface area contributed by atoms with Crippen LogP contribution >= 0.6 is 0 Å². The van der Waals surface area contributed by atoms with Crippen LogP contribution in [0.3, 0.4) is 0 Å². The first kappa shape index (κ1) is 15.7. The van der Waals surface area contributed by atoms with Crippen LogP contribution in [0.4, 0.5) is 5.69 Å². The number of hydrogen-bond acceptors (Lipinski definition) is 3. The molecule has 0 bridgehead atoms. The summed E-state index contributed by atoms with van der Waals surface area (Å²) in [6.07, 6.45) is 0.570. The Morgan fingerprint density at radius 1 is 1.17 bits per heavy atom. The van der Waals surface area contributed by atoms with Crippen molar-refractivity contribution in [2.75, 3.05) is 25.5 Å². The highest BCUT2D eigenvalue weighted by Gasteiger charge is 2.20. The standard InChI is InChI=1S/C19H22N2O2/c1-23-18(15-5-3-2-4-6-15)19(22)21-17-9-7-14(8-10-17)16-11-12-20-13-16/h2-10,16,18,20H,11-13H2,1H3,(H,21,22). The second kappa shape index (κ2) is 7.40. The first-order chi connectivity index (χ1) is 11.3. The summed E-state index contributed by atoms with van der Waals surface area (Å²) in [6, 6.07) is 17.6. The summed E-state index contributed by atoms with van der Waals surface area (Å²) in [5, 5.41) is 6.30. The monoisotopic (exact) mass is 310 g/mol. The predicted octanol–water partition coefficient (Wildman–Crippen LogP) is 3.09. The van der Waals surface area contributed by atoms with Crippen molar-refractivity contribution < 1.29 is 9.53 Å². The van der Waals surface area contributed by atoms with E-state index in [0.717, 1.165) is 24.3 Å². The van der Waals surface area contributed by atoms with Crippen LogP contribution in [0.15, 0.2) is 54.6 Å². The van der Waals surface area contributed by atoms with Crippen LogP contribution in [0.25, 0.3) is 0 Å². The number of hydrogen-bond donors (Lipinski definition) is 2. The van der Waals surface area contributed by atoms with Crippen molar-refractivity contribution in [2.24, 2.45) is 0 Å². The van der Waals surface area contributed by atoms with Gasteiger partial charge in [0, 0.05) is 19.3 Å². The van der Waals surface area contributed by atoms with Gasteiger partial charge in [-0.1, -0.05) is 42.5 Å². The summed E-state index contributed by atoms with van der Waals surface area (Å²) in [6.45, 7) is 2.11. The van der Waals surface area contributed by atoms with Crippen LogP contribution < -0.4 is 10.6 Å². The minimum Gasteiger partial charge on any atom is -0.367 e. The molecule has 2 aromatic rings. The fourth-order valence-electron chi connectivity index (χ4n) is 3.01. The molecule has 1 saturated heterocycles. The summed E-state index contributed by atoms with van der Waals surface area (Å²) in [7, 11) is 1.55. The van der Waals surface area contributed by atoms with Gasteiger partial charge in [-0.2, -0.15) is 0 Å². The molecule has 1 heterocycles. The highest BCUT2D eigenvalue weighted by Crippen LogP contribution is 2.24. The molecule has 4 nitrogen and oxygen atoms in total. The Morgan fingerprint density at radius 2 is 1.91 bits per heavy atom. The van der Waals surface area contributed by atoms with Gasteiger partial charge >= 0.3 is 0 Å². The highest BCUT2D eigenvalue weighted by atomic mass is 16.5. The fraction of sp³-hybridized carbons (Fsp3) is 0.316. The number of benzene rings is 2. The van der Waals surface area contributed by atoms with Crippen LogP contribution in [0.2, 0.25) is 0 Å². The van der Waals surface area contributed by atoms with Crippen LogP contribution in [0.1, 0.15) is 29.6 Å². The largest absolute Gasteiger partial charge is 0.367 e. The van der Waals surface area contributed by atoms with Crippen LogP contribution in [0, 0.1) is 0 Å². The summed E-state index contributed by atoms with van der Waals surface area (Å²) < 4.78 is 5.36. The van der Waals surface area contributed by atoms with Crippen LogP contribution in [0.5, 0.6) is 0 Å². The lowest BCUT2D eigenvalue weighted by Gasteiger charge is -2.16. The lowest BCUT2D eigenvalue weighted by atomic mass is 9.98. The average molecular weight is 310 g/mol. The van der Waals surface area contributed by atoms with E-state index >= 15 is 0 Å². The third-order valence-corrected chi connectivity index (χ3v) is 4.29. The van der Waals surface area contributed by atoms with Gasteiger partial charge in [0.25, 0.3) is 5.91 Å². The Kier molecular flexibility index (Phi) is 5.05. The molecule has 0 aliphatic carbocycles. The van der Waals surface area contributed by atoms with Crippen LogP contribution in [-0.2, 0) is 9.53 Å². The Balaban J connectivity index is 1.67. The molecule has 2 unspecified atom stereocenters. The van der Waals surface area contributed by atoms with E-state index in [-0.39, 0.29) is 5.91 Å². The van der Waals surface area contributed by atoms with Gasteiger partial charge in [0.15, 0.2) is 6.10 Å². The Morgan fingerprint density at radius 3 is 2.52 bits per heavy atom. The minimum absolute atomic E-state index is 0.158. The molecule has 2 aromatic carbocycles. The average Bonchev–Trinajstić information content (AvgIpc) is 3.12. The predicted molar refractivity (Wildman–Crippen MR) is 91.5 cm³/mol. The fourth-order valence-corrected chi connectivity index (χ4v) is 3.01. The van der Waals surface area contributed by atoms with Crippen molar-refractivity contribution in [1.29, 1.82) is 0 Å². The molecule has 0 saturated carbocycles. The molecular formula is C19H22N2O2. The van der Waals surface area contributed by atoms with Gasteiger partial charge < -0.3 is 15.4 Å². The van der Waals surface area contributed by atoms with Crippen molar-refractivity contribution >= 4 is 11.6 Å². The molecule has 23 heavy (non-hydrogen) atoms.